The zero-order chi connectivity index (χ0) is 32.9. The fraction of sp³-hybridized carbons (Fsp3) is 0.455. The van der Waals surface area contributed by atoms with E-state index in [9.17, 15) is 0 Å². The van der Waals surface area contributed by atoms with Crippen LogP contribution in [0.4, 0.5) is 0 Å². The summed E-state index contributed by atoms with van der Waals surface area (Å²) < 4.78 is 24.2. The van der Waals surface area contributed by atoms with Gasteiger partial charge in [-0.25, -0.2) is 0 Å². The zero-order valence-electron chi connectivity index (χ0n) is 29.2. The summed E-state index contributed by atoms with van der Waals surface area (Å²) in [4.78, 5) is 0. The number of unbranched alkanes of at least 4 members (excludes halogenated alkanes) is 4. The number of hydrogen-bond donors (Lipinski definition) is 0. The van der Waals surface area contributed by atoms with E-state index >= 15 is 0 Å². The van der Waals surface area contributed by atoms with Gasteiger partial charge < -0.3 is 18.9 Å². The number of ether oxygens (including phenoxy) is 4. The molecule has 4 aromatic carbocycles. The molecule has 0 spiro atoms. The lowest BCUT2D eigenvalue weighted by molar-refractivity contribution is 0.258. The Labute approximate surface area is 287 Å². The van der Waals surface area contributed by atoms with E-state index in [1.807, 2.05) is 0 Å². The Balaban J connectivity index is 1.46. The molecule has 2 fully saturated rings. The van der Waals surface area contributed by atoms with E-state index in [4.69, 9.17) is 18.9 Å². The molecular weight excluding hydrogens is 592 g/mol. The van der Waals surface area contributed by atoms with Crippen molar-refractivity contribution >= 4 is 0 Å². The average Bonchev–Trinajstić information content (AvgIpc) is 4.07. The number of rotatable bonds is 18. The van der Waals surface area contributed by atoms with E-state index < -0.39 is 5.41 Å². The van der Waals surface area contributed by atoms with Gasteiger partial charge in [0.1, 0.15) is 36.9 Å². The van der Waals surface area contributed by atoms with Gasteiger partial charge in [-0.05, 0) is 94.7 Å². The highest BCUT2D eigenvalue weighted by molar-refractivity contribution is 5.86. The molecule has 4 nitrogen and oxygen atoms in total. The third-order valence-electron chi connectivity index (χ3n) is 10.4. The van der Waals surface area contributed by atoms with Crippen LogP contribution in [0, 0.1) is 0 Å². The molecule has 0 amide bonds. The smallest absolute Gasteiger partial charge is 0.125 e. The fourth-order valence-electron chi connectivity index (χ4n) is 7.69. The number of aryl methyl sites for hydroxylation is 3. The molecule has 3 aliphatic rings. The Hall–Kier alpha value is -3.60. The van der Waals surface area contributed by atoms with Gasteiger partial charge in [-0.3, -0.25) is 0 Å². The van der Waals surface area contributed by atoms with Crippen LogP contribution in [0.15, 0.2) is 78.9 Å². The molecule has 252 valence electrons. The first-order valence-corrected chi connectivity index (χ1v) is 18.6. The maximum Gasteiger partial charge on any atom is 0.125 e. The summed E-state index contributed by atoms with van der Waals surface area (Å²) in [6.07, 6.45) is 11.6. The van der Waals surface area contributed by atoms with Crippen LogP contribution >= 0.6 is 0 Å². The molecule has 2 saturated heterocycles. The third-order valence-corrected chi connectivity index (χ3v) is 10.4. The van der Waals surface area contributed by atoms with Crippen LogP contribution in [0.5, 0.6) is 11.5 Å². The molecule has 48 heavy (non-hydrogen) atoms. The zero-order valence-corrected chi connectivity index (χ0v) is 29.2. The Morgan fingerprint density at radius 3 is 1.69 bits per heavy atom. The molecule has 0 aromatic heterocycles. The van der Waals surface area contributed by atoms with Gasteiger partial charge in [0, 0.05) is 0 Å². The van der Waals surface area contributed by atoms with Crippen LogP contribution in [0.1, 0.15) is 105 Å². The second-order valence-corrected chi connectivity index (χ2v) is 14.0. The lowest BCUT2D eigenvalue weighted by Gasteiger charge is -2.35. The first kappa shape index (κ1) is 32.9. The van der Waals surface area contributed by atoms with Crippen molar-refractivity contribution in [2.24, 2.45) is 0 Å². The first-order valence-electron chi connectivity index (χ1n) is 18.6. The van der Waals surface area contributed by atoms with Gasteiger partial charge in [0.05, 0.1) is 18.6 Å². The van der Waals surface area contributed by atoms with E-state index in [0.717, 1.165) is 76.1 Å². The summed E-state index contributed by atoms with van der Waals surface area (Å²) in [5, 5.41) is 0. The number of epoxide rings is 2. The van der Waals surface area contributed by atoms with Gasteiger partial charge >= 0.3 is 0 Å². The highest BCUT2D eigenvalue weighted by Crippen LogP contribution is 2.57. The minimum atomic E-state index is -0.467. The van der Waals surface area contributed by atoms with E-state index in [1.165, 1.54) is 62.9 Å². The summed E-state index contributed by atoms with van der Waals surface area (Å²) >= 11 is 0. The van der Waals surface area contributed by atoms with E-state index in [2.05, 4.69) is 99.6 Å². The summed E-state index contributed by atoms with van der Waals surface area (Å²) in [5.74, 6) is 2.09. The first-order chi connectivity index (χ1) is 23.7. The Morgan fingerprint density at radius 2 is 1.10 bits per heavy atom. The molecular formula is C44H52O4. The summed E-state index contributed by atoms with van der Waals surface area (Å²) in [6, 6.07) is 30.2. The van der Waals surface area contributed by atoms with E-state index in [0.29, 0.717) is 13.2 Å². The third kappa shape index (κ3) is 6.67. The standard InChI is InChI=1S/C44H52O4/c1-4-7-10-17-33-26-35(25-32(16-9-6-3)43(33)48-30-37-28-46-37)44(40-20-13-11-18-38(40)39-19-12-14-21-41(39)44)34-22-23-42(47-29-36-27-45-36)31(24-34)15-8-5-2/h11-14,18-26,36-37H,4-10,15-17,27-30H2,1-3H3/t36-,37?/m0/s1. The average molecular weight is 645 g/mol. The van der Waals surface area contributed by atoms with Crippen molar-refractivity contribution in [3.05, 3.63) is 118 Å². The second-order valence-electron chi connectivity index (χ2n) is 14.0. The molecule has 4 heteroatoms. The number of fused-ring (bicyclic) bond motifs is 3. The van der Waals surface area contributed by atoms with Crippen molar-refractivity contribution in [2.75, 3.05) is 26.4 Å². The summed E-state index contributed by atoms with van der Waals surface area (Å²) in [5.41, 5.74) is 11.5. The molecule has 2 aliphatic heterocycles. The van der Waals surface area contributed by atoms with E-state index in [1.54, 1.807) is 0 Å². The number of hydrogen-bond acceptors (Lipinski definition) is 4. The lowest BCUT2D eigenvalue weighted by atomic mass is 9.66. The molecule has 2 heterocycles. The molecule has 0 N–H and O–H groups in total. The summed E-state index contributed by atoms with van der Waals surface area (Å²) in [7, 11) is 0. The van der Waals surface area contributed by atoms with Crippen molar-refractivity contribution in [2.45, 2.75) is 103 Å². The molecule has 0 saturated carbocycles. The second kappa shape index (κ2) is 14.9. The molecule has 1 aliphatic carbocycles. The highest BCUT2D eigenvalue weighted by atomic mass is 16.6. The largest absolute Gasteiger partial charge is 0.491 e. The van der Waals surface area contributed by atoms with E-state index in [-0.39, 0.29) is 12.2 Å². The van der Waals surface area contributed by atoms with Crippen LogP contribution in [-0.4, -0.2) is 38.6 Å². The monoisotopic (exact) mass is 644 g/mol. The van der Waals surface area contributed by atoms with Crippen LogP contribution in [0.2, 0.25) is 0 Å². The lowest BCUT2D eigenvalue weighted by Crippen LogP contribution is -2.29. The van der Waals surface area contributed by atoms with Crippen LogP contribution in [-0.2, 0) is 34.2 Å². The van der Waals surface area contributed by atoms with Crippen molar-refractivity contribution in [3.8, 4) is 22.6 Å². The molecule has 0 bridgehead atoms. The fourth-order valence-corrected chi connectivity index (χ4v) is 7.69. The minimum Gasteiger partial charge on any atom is -0.491 e. The summed E-state index contributed by atoms with van der Waals surface area (Å²) in [6.45, 7) is 9.68. The van der Waals surface area contributed by atoms with Crippen molar-refractivity contribution in [1.29, 1.82) is 0 Å². The quantitative estimate of drug-likeness (QED) is 0.0703. The molecule has 7 rings (SSSR count). The van der Waals surface area contributed by atoms with Gasteiger partial charge in [-0.2, -0.15) is 0 Å². The predicted molar refractivity (Wildman–Crippen MR) is 195 cm³/mol. The SMILES string of the molecule is CCCCCc1cc(C2(c3ccc(OC[C@@H]4CO4)c(CCCC)c3)c3ccccc3-c3ccccc32)cc(CCCC)c1OCC1CO1. The van der Waals surface area contributed by atoms with Gasteiger partial charge in [0.25, 0.3) is 0 Å². The number of benzene rings is 4. The molecule has 1 unspecified atom stereocenters. The Kier molecular flexibility index (Phi) is 10.2. The Bertz CT molecular complexity index is 1650. The molecule has 4 aromatic rings. The van der Waals surface area contributed by atoms with Crippen molar-refractivity contribution in [3.63, 3.8) is 0 Å². The van der Waals surface area contributed by atoms with Gasteiger partial charge in [0.15, 0.2) is 0 Å². The van der Waals surface area contributed by atoms with Gasteiger partial charge in [-0.1, -0.05) is 119 Å². The normalized spacial score (nSPS) is 18.3. The van der Waals surface area contributed by atoms with Crippen LogP contribution in [0.3, 0.4) is 0 Å². The maximum atomic E-state index is 6.69. The highest BCUT2D eigenvalue weighted by Gasteiger charge is 2.46. The molecule has 0 radical (unpaired) electrons. The van der Waals surface area contributed by atoms with Gasteiger partial charge in [-0.15, -0.1) is 0 Å². The van der Waals surface area contributed by atoms with Crippen molar-refractivity contribution < 1.29 is 18.9 Å². The molecule has 2 atom stereocenters. The van der Waals surface area contributed by atoms with Crippen LogP contribution < -0.4 is 9.47 Å². The predicted octanol–water partition coefficient (Wildman–Crippen LogP) is 10.0. The minimum absolute atomic E-state index is 0.223. The van der Waals surface area contributed by atoms with Crippen LogP contribution in [0.25, 0.3) is 11.1 Å². The van der Waals surface area contributed by atoms with Gasteiger partial charge in [0.2, 0.25) is 0 Å². The van der Waals surface area contributed by atoms with Crippen molar-refractivity contribution in [1.82, 2.24) is 0 Å². The maximum absolute atomic E-state index is 6.69. The topological polar surface area (TPSA) is 43.5 Å². The Morgan fingerprint density at radius 1 is 0.583 bits per heavy atom.